The predicted molar refractivity (Wildman–Crippen MR) is 110 cm³/mol. The number of carbonyl (C=O) groups excluding carboxylic acids is 1. The van der Waals surface area contributed by atoms with Gasteiger partial charge in [-0.15, -0.1) is 11.3 Å². The van der Waals surface area contributed by atoms with Crippen LogP contribution < -0.4 is 4.90 Å². The molecule has 0 unspecified atom stereocenters. The van der Waals surface area contributed by atoms with Gasteiger partial charge in [0.15, 0.2) is 0 Å². The molecule has 2 saturated heterocycles. The van der Waals surface area contributed by atoms with Crippen LogP contribution in [-0.2, 0) is 6.54 Å². The van der Waals surface area contributed by atoms with E-state index in [2.05, 4.69) is 27.3 Å². The van der Waals surface area contributed by atoms with Crippen molar-refractivity contribution in [1.82, 2.24) is 9.80 Å². The minimum Gasteiger partial charge on any atom is -0.371 e. The fraction of sp³-hybridized carbons (Fsp3) is 0.450. The fourth-order valence-corrected chi connectivity index (χ4v) is 4.69. The van der Waals surface area contributed by atoms with E-state index in [1.54, 1.807) is 17.4 Å². The molecule has 0 radical (unpaired) electrons. The van der Waals surface area contributed by atoms with Crippen molar-refractivity contribution in [3.63, 3.8) is 0 Å². The molecule has 0 atom stereocenters. The average molecular weight is 401 g/mol. The Kier molecular flexibility index (Phi) is 5.59. The van der Waals surface area contributed by atoms with Gasteiger partial charge in [-0.1, -0.05) is 6.07 Å². The summed E-state index contributed by atoms with van der Waals surface area (Å²) >= 11 is 1.75. The number of carbonyl (C=O) groups is 1. The normalized spacial score (nSPS) is 17.9. The second-order valence-electron chi connectivity index (χ2n) is 7.30. The van der Waals surface area contributed by atoms with Gasteiger partial charge in [0.2, 0.25) is 0 Å². The van der Waals surface area contributed by atoms with Crippen molar-refractivity contribution >= 4 is 28.6 Å². The third kappa shape index (κ3) is 4.02. The van der Waals surface area contributed by atoms with Gasteiger partial charge in [0.05, 0.1) is 16.2 Å². The van der Waals surface area contributed by atoms with Crippen LogP contribution in [0.25, 0.3) is 0 Å². The van der Waals surface area contributed by atoms with Crippen LogP contribution in [0.4, 0.5) is 11.4 Å². The van der Waals surface area contributed by atoms with E-state index >= 15 is 0 Å². The maximum atomic E-state index is 13.2. The standard InChI is InChI=1S/C20H24N4O3S/c25-20(23-11-9-21(10-12-23)15-17-4-3-13-28-17)18-14-16(24(26)27)5-6-19(18)22-7-1-2-8-22/h3-6,13-14H,1-2,7-12,15H2. The zero-order valence-corrected chi connectivity index (χ0v) is 16.6. The molecule has 0 bridgehead atoms. The molecule has 0 saturated carbocycles. The summed E-state index contributed by atoms with van der Waals surface area (Å²) in [5, 5.41) is 13.3. The van der Waals surface area contributed by atoms with Crippen LogP contribution in [0.5, 0.6) is 0 Å². The van der Waals surface area contributed by atoms with E-state index < -0.39 is 4.92 Å². The van der Waals surface area contributed by atoms with Gasteiger partial charge in [-0.3, -0.25) is 19.8 Å². The van der Waals surface area contributed by atoms with Crippen LogP contribution in [-0.4, -0.2) is 59.9 Å². The Bertz CT molecular complexity index is 841. The number of nitrogens with zero attached hydrogens (tertiary/aromatic N) is 4. The molecule has 0 aliphatic carbocycles. The van der Waals surface area contributed by atoms with Gasteiger partial charge in [0.25, 0.3) is 11.6 Å². The first kappa shape index (κ1) is 18.9. The number of thiophene rings is 1. The maximum absolute atomic E-state index is 13.2. The van der Waals surface area contributed by atoms with Crippen LogP contribution in [0.1, 0.15) is 28.1 Å². The van der Waals surface area contributed by atoms with Crippen molar-refractivity contribution < 1.29 is 9.72 Å². The van der Waals surface area contributed by atoms with E-state index in [9.17, 15) is 14.9 Å². The molecule has 8 heteroatoms. The molecule has 3 heterocycles. The highest BCUT2D eigenvalue weighted by Gasteiger charge is 2.28. The Morgan fingerprint density at radius 2 is 1.82 bits per heavy atom. The lowest BCUT2D eigenvalue weighted by Gasteiger charge is -2.35. The van der Waals surface area contributed by atoms with Crippen molar-refractivity contribution in [2.24, 2.45) is 0 Å². The largest absolute Gasteiger partial charge is 0.371 e. The van der Waals surface area contributed by atoms with Gasteiger partial charge in [0, 0.05) is 62.8 Å². The molecule has 2 aliphatic heterocycles. The van der Waals surface area contributed by atoms with Crippen LogP contribution in [0.3, 0.4) is 0 Å². The number of rotatable bonds is 5. The SMILES string of the molecule is O=C(c1cc([N+](=O)[O-])ccc1N1CCCC1)N1CCN(Cc2cccs2)CC1. The predicted octanol–water partition coefficient (Wildman–Crippen LogP) is 3.21. The molecule has 7 nitrogen and oxygen atoms in total. The summed E-state index contributed by atoms with van der Waals surface area (Å²) in [6, 6.07) is 8.89. The second-order valence-corrected chi connectivity index (χ2v) is 8.33. The lowest BCUT2D eigenvalue weighted by Crippen LogP contribution is -2.48. The van der Waals surface area contributed by atoms with Crippen LogP contribution in [0.15, 0.2) is 35.7 Å². The maximum Gasteiger partial charge on any atom is 0.270 e. The van der Waals surface area contributed by atoms with Gasteiger partial charge >= 0.3 is 0 Å². The fourth-order valence-electron chi connectivity index (χ4n) is 3.95. The number of non-ortho nitro benzene ring substituents is 1. The highest BCUT2D eigenvalue weighted by Crippen LogP contribution is 2.29. The number of nitro groups is 1. The molecule has 2 aliphatic rings. The Morgan fingerprint density at radius 3 is 2.46 bits per heavy atom. The molecule has 1 aromatic carbocycles. The van der Waals surface area contributed by atoms with Gasteiger partial charge in [-0.05, 0) is 30.4 Å². The molecule has 4 rings (SSSR count). The first-order chi connectivity index (χ1) is 13.6. The summed E-state index contributed by atoms with van der Waals surface area (Å²) in [6.45, 7) is 5.63. The minimum absolute atomic E-state index is 0.0253. The van der Waals surface area contributed by atoms with E-state index in [-0.39, 0.29) is 11.6 Å². The third-order valence-electron chi connectivity index (χ3n) is 5.49. The van der Waals surface area contributed by atoms with Gasteiger partial charge in [0.1, 0.15) is 0 Å². The van der Waals surface area contributed by atoms with E-state index in [4.69, 9.17) is 0 Å². The van der Waals surface area contributed by atoms with E-state index in [1.807, 2.05) is 4.90 Å². The highest BCUT2D eigenvalue weighted by molar-refractivity contribution is 7.09. The molecule has 1 aromatic heterocycles. The summed E-state index contributed by atoms with van der Waals surface area (Å²) in [4.78, 5) is 31.7. The molecule has 148 valence electrons. The first-order valence-corrected chi connectivity index (χ1v) is 10.6. The number of amides is 1. The molecule has 0 spiro atoms. The molecular formula is C20H24N4O3S. The zero-order valence-electron chi connectivity index (χ0n) is 15.7. The van der Waals surface area contributed by atoms with E-state index in [0.717, 1.165) is 51.3 Å². The van der Waals surface area contributed by atoms with Crippen molar-refractivity contribution in [3.8, 4) is 0 Å². The van der Waals surface area contributed by atoms with Crippen molar-refractivity contribution in [2.45, 2.75) is 19.4 Å². The number of anilines is 1. The van der Waals surface area contributed by atoms with Gasteiger partial charge < -0.3 is 9.80 Å². The first-order valence-electron chi connectivity index (χ1n) is 9.69. The van der Waals surface area contributed by atoms with Crippen molar-refractivity contribution in [1.29, 1.82) is 0 Å². The molecule has 1 amide bonds. The van der Waals surface area contributed by atoms with E-state index in [0.29, 0.717) is 18.7 Å². The van der Waals surface area contributed by atoms with Crippen molar-refractivity contribution in [2.75, 3.05) is 44.2 Å². The van der Waals surface area contributed by atoms with Crippen LogP contribution >= 0.6 is 11.3 Å². The number of nitro benzene ring substituents is 1. The minimum atomic E-state index is -0.427. The number of hydrogen-bond donors (Lipinski definition) is 0. The Labute approximate surface area is 168 Å². The Balaban J connectivity index is 1.49. The molecule has 2 aromatic rings. The van der Waals surface area contributed by atoms with Crippen molar-refractivity contribution in [3.05, 3.63) is 56.3 Å². The summed E-state index contributed by atoms with van der Waals surface area (Å²) in [5.41, 5.74) is 1.26. The zero-order chi connectivity index (χ0) is 19.5. The molecular weight excluding hydrogens is 376 g/mol. The third-order valence-corrected chi connectivity index (χ3v) is 6.35. The lowest BCUT2D eigenvalue weighted by molar-refractivity contribution is -0.384. The van der Waals surface area contributed by atoms with Gasteiger partial charge in [-0.2, -0.15) is 0 Å². The number of benzene rings is 1. The smallest absolute Gasteiger partial charge is 0.270 e. The summed E-state index contributed by atoms with van der Waals surface area (Å²) in [7, 11) is 0. The second kappa shape index (κ2) is 8.28. The van der Waals surface area contributed by atoms with Gasteiger partial charge in [-0.25, -0.2) is 0 Å². The highest BCUT2D eigenvalue weighted by atomic mass is 32.1. The topological polar surface area (TPSA) is 69.9 Å². The number of hydrogen-bond acceptors (Lipinski definition) is 6. The molecule has 28 heavy (non-hydrogen) atoms. The van der Waals surface area contributed by atoms with E-state index in [1.165, 1.54) is 17.0 Å². The lowest BCUT2D eigenvalue weighted by atomic mass is 10.1. The Hall–Kier alpha value is -2.45. The number of piperazine rings is 1. The summed E-state index contributed by atoms with van der Waals surface area (Å²) in [6.07, 6.45) is 2.18. The Morgan fingerprint density at radius 1 is 1.07 bits per heavy atom. The van der Waals surface area contributed by atoms with Crippen LogP contribution in [0.2, 0.25) is 0 Å². The monoisotopic (exact) mass is 400 g/mol. The average Bonchev–Trinajstić information content (AvgIpc) is 3.42. The molecule has 0 N–H and O–H groups in total. The quantitative estimate of drug-likeness (QED) is 0.569. The summed E-state index contributed by atoms with van der Waals surface area (Å²) in [5.74, 6) is -0.0960. The summed E-state index contributed by atoms with van der Waals surface area (Å²) < 4.78 is 0. The molecule has 2 fully saturated rings. The van der Waals surface area contributed by atoms with Crippen LogP contribution in [0, 0.1) is 10.1 Å².